The van der Waals surface area contributed by atoms with E-state index in [1.54, 1.807) is 0 Å². The first kappa shape index (κ1) is 28.9. The molecule has 15 heteroatoms. The normalized spacial score (nSPS) is 36.7. The molecule has 15 nitrogen and oxygen atoms in total. The van der Waals surface area contributed by atoms with Crippen molar-refractivity contribution < 1.29 is 73.4 Å². The fourth-order valence-corrected chi connectivity index (χ4v) is 3.25. The van der Waals surface area contributed by atoms with Crippen LogP contribution in [-0.2, 0) is 33.2 Å². The zero-order valence-corrected chi connectivity index (χ0v) is 18.6. The second-order valence-electron chi connectivity index (χ2n) is 7.52. The summed E-state index contributed by atoms with van der Waals surface area (Å²) in [5.41, 5.74) is 0. The molecule has 6 N–H and O–H groups in total. The third-order valence-corrected chi connectivity index (χ3v) is 5.06. The Kier molecular flexibility index (Phi) is 10.8. The Morgan fingerprint density at radius 3 is 1.97 bits per heavy atom. The van der Waals surface area contributed by atoms with E-state index in [1.165, 1.54) is 12.2 Å². The van der Waals surface area contributed by atoms with Crippen LogP contribution in [0.15, 0.2) is 25.3 Å². The van der Waals surface area contributed by atoms with Gasteiger partial charge < -0.3 is 63.8 Å². The fraction of sp³-hybridized carbons (Fsp3) is 0.700. The lowest BCUT2D eigenvalue weighted by molar-refractivity contribution is -0.383. The van der Waals surface area contributed by atoms with Gasteiger partial charge in [0, 0.05) is 0 Å². The molecule has 35 heavy (non-hydrogen) atoms. The molecule has 2 aliphatic rings. The van der Waals surface area contributed by atoms with E-state index in [2.05, 4.69) is 22.6 Å². The van der Waals surface area contributed by atoms with Gasteiger partial charge in [-0.25, -0.2) is 9.59 Å². The summed E-state index contributed by atoms with van der Waals surface area (Å²) in [4.78, 5) is 23.3. The number of hydrogen-bond acceptors (Lipinski definition) is 15. The van der Waals surface area contributed by atoms with Gasteiger partial charge in [0.05, 0.1) is 6.61 Å². The highest BCUT2D eigenvalue weighted by molar-refractivity contribution is 5.60. The molecule has 0 spiro atoms. The van der Waals surface area contributed by atoms with E-state index in [-0.39, 0.29) is 13.2 Å². The molecule has 0 amide bonds. The molecule has 0 saturated carbocycles. The van der Waals surface area contributed by atoms with Gasteiger partial charge in [0.2, 0.25) is 5.79 Å². The summed E-state index contributed by atoms with van der Waals surface area (Å²) in [5, 5.41) is 60.9. The van der Waals surface area contributed by atoms with Gasteiger partial charge in [-0.1, -0.05) is 25.3 Å². The Morgan fingerprint density at radius 2 is 1.43 bits per heavy atom. The molecule has 0 bridgehead atoms. The molecule has 0 unspecified atom stereocenters. The third kappa shape index (κ3) is 7.09. The number of carbonyl (C=O) groups excluding carboxylic acids is 2. The van der Waals surface area contributed by atoms with Crippen LogP contribution in [0.2, 0.25) is 0 Å². The number of hydrogen-bond donors (Lipinski definition) is 6. The van der Waals surface area contributed by atoms with Crippen molar-refractivity contribution in [1.82, 2.24) is 0 Å². The van der Waals surface area contributed by atoms with E-state index in [9.17, 15) is 40.2 Å². The Bertz CT molecular complexity index is 731. The number of aliphatic hydroxyl groups excluding tert-OH is 6. The van der Waals surface area contributed by atoms with Crippen molar-refractivity contribution in [1.29, 1.82) is 0 Å². The summed E-state index contributed by atoms with van der Waals surface area (Å²) in [5.74, 6) is -2.41. The van der Waals surface area contributed by atoms with E-state index in [1.807, 2.05) is 0 Å². The van der Waals surface area contributed by atoms with E-state index >= 15 is 0 Å². The average molecular weight is 510 g/mol. The Balaban J connectivity index is 2.18. The molecule has 2 saturated heterocycles. The lowest BCUT2D eigenvalue weighted by Gasteiger charge is -2.43. The number of ether oxygens (including phenoxy) is 7. The first-order valence-electron chi connectivity index (χ1n) is 10.4. The maximum absolute atomic E-state index is 11.8. The summed E-state index contributed by atoms with van der Waals surface area (Å²) >= 11 is 0. The van der Waals surface area contributed by atoms with Crippen molar-refractivity contribution in [2.45, 2.75) is 54.8 Å². The standard InChI is InChI=1S/C20H30O15/c1-3-5-29-18(27)31-8-11-12(22)14(24)15(25)17(33-11)35-20(9-32-19(28)30-6-4-2)16(26)13(23)10(7-21)34-20/h3-4,10-17,21-26H,1-2,5-9H2/t10-,11-,12-,13-,14+,15-,16+,17-,20+/m1/s1. The molecule has 2 aliphatic heterocycles. The molecule has 0 aliphatic carbocycles. The van der Waals surface area contributed by atoms with Gasteiger partial charge in [-0.05, 0) is 0 Å². The zero-order valence-electron chi connectivity index (χ0n) is 18.6. The van der Waals surface area contributed by atoms with E-state index in [0.717, 1.165) is 0 Å². The SMILES string of the molecule is C=CCOC(=O)OC[C@H]1O[C@H](O[C@]2(COC(=O)OCC=C)O[C@H](CO)[C@@H](O)[C@@H]2O)[C@H](O)[C@@H](O)[C@@H]1O. The summed E-state index contributed by atoms with van der Waals surface area (Å²) < 4.78 is 35.2. The lowest BCUT2D eigenvalue weighted by atomic mass is 9.99. The molecule has 0 aromatic heterocycles. The zero-order chi connectivity index (χ0) is 26.2. The Morgan fingerprint density at radius 1 is 0.829 bits per heavy atom. The maximum atomic E-state index is 11.8. The smallest absolute Gasteiger partial charge is 0.431 e. The number of rotatable bonds is 11. The second-order valence-corrected chi connectivity index (χ2v) is 7.52. The minimum Gasteiger partial charge on any atom is -0.431 e. The molecule has 200 valence electrons. The van der Waals surface area contributed by atoms with Crippen molar-refractivity contribution >= 4 is 12.3 Å². The van der Waals surface area contributed by atoms with Crippen LogP contribution in [0.5, 0.6) is 0 Å². The van der Waals surface area contributed by atoms with Crippen LogP contribution in [0.1, 0.15) is 0 Å². The van der Waals surface area contributed by atoms with Crippen molar-refractivity contribution in [2.24, 2.45) is 0 Å². The van der Waals surface area contributed by atoms with E-state index in [4.69, 9.17) is 23.7 Å². The molecule has 2 fully saturated rings. The van der Waals surface area contributed by atoms with Gasteiger partial charge >= 0.3 is 12.3 Å². The lowest BCUT2D eigenvalue weighted by Crippen LogP contribution is -2.63. The maximum Gasteiger partial charge on any atom is 0.508 e. The summed E-state index contributed by atoms with van der Waals surface area (Å²) in [7, 11) is 0. The molecule has 0 aromatic rings. The largest absolute Gasteiger partial charge is 0.508 e. The monoisotopic (exact) mass is 510 g/mol. The average Bonchev–Trinajstić information content (AvgIpc) is 3.09. The predicted octanol–water partition coefficient (Wildman–Crippen LogP) is -2.70. The van der Waals surface area contributed by atoms with Crippen LogP contribution in [0.25, 0.3) is 0 Å². The fourth-order valence-electron chi connectivity index (χ4n) is 3.25. The quantitative estimate of drug-likeness (QED) is 0.123. The van der Waals surface area contributed by atoms with Gasteiger partial charge in [-0.2, -0.15) is 0 Å². The van der Waals surface area contributed by atoms with Gasteiger partial charge in [0.1, 0.15) is 62.5 Å². The molecular weight excluding hydrogens is 480 g/mol. The van der Waals surface area contributed by atoms with Gasteiger partial charge in [-0.3, -0.25) is 0 Å². The highest BCUT2D eigenvalue weighted by Gasteiger charge is 2.59. The minimum absolute atomic E-state index is 0.151. The molecule has 0 aromatic carbocycles. The first-order chi connectivity index (χ1) is 16.6. The highest BCUT2D eigenvalue weighted by Crippen LogP contribution is 2.36. The van der Waals surface area contributed by atoms with E-state index < -0.39 is 86.9 Å². The molecule has 0 radical (unpaired) electrons. The van der Waals surface area contributed by atoms with Crippen LogP contribution in [0.4, 0.5) is 9.59 Å². The topological polar surface area (TPSA) is 220 Å². The van der Waals surface area contributed by atoms with Gasteiger partial charge in [0.25, 0.3) is 0 Å². The van der Waals surface area contributed by atoms with Crippen molar-refractivity contribution in [2.75, 3.05) is 33.0 Å². The minimum atomic E-state index is -2.41. The van der Waals surface area contributed by atoms with Crippen LogP contribution >= 0.6 is 0 Å². The molecule has 2 heterocycles. The number of aliphatic hydroxyl groups is 6. The Labute approximate surface area is 199 Å². The summed E-state index contributed by atoms with van der Waals surface area (Å²) in [6.45, 7) is 4.02. The molecule has 9 atom stereocenters. The van der Waals surface area contributed by atoms with Crippen molar-refractivity contribution in [3.05, 3.63) is 25.3 Å². The number of carbonyl (C=O) groups is 2. The van der Waals surface area contributed by atoms with Crippen LogP contribution < -0.4 is 0 Å². The first-order valence-corrected chi connectivity index (χ1v) is 10.4. The van der Waals surface area contributed by atoms with Gasteiger partial charge in [-0.15, -0.1) is 0 Å². The second kappa shape index (κ2) is 13.1. The van der Waals surface area contributed by atoms with Crippen LogP contribution in [0.3, 0.4) is 0 Å². The van der Waals surface area contributed by atoms with Crippen molar-refractivity contribution in [3.63, 3.8) is 0 Å². The Hall–Kier alpha value is -2.34. The molecular formula is C20H30O15. The summed E-state index contributed by atoms with van der Waals surface area (Å²) in [6, 6.07) is 0. The van der Waals surface area contributed by atoms with Crippen LogP contribution in [0, 0.1) is 0 Å². The van der Waals surface area contributed by atoms with Crippen LogP contribution in [-0.4, -0.2) is 131 Å². The third-order valence-electron chi connectivity index (χ3n) is 5.06. The van der Waals surface area contributed by atoms with Gasteiger partial charge in [0.15, 0.2) is 12.9 Å². The molecule has 2 rings (SSSR count). The van der Waals surface area contributed by atoms with E-state index in [0.29, 0.717) is 0 Å². The summed E-state index contributed by atoms with van der Waals surface area (Å²) in [6.07, 6.45) is -13.8. The predicted molar refractivity (Wildman–Crippen MR) is 109 cm³/mol. The van der Waals surface area contributed by atoms with Crippen molar-refractivity contribution in [3.8, 4) is 0 Å². The highest BCUT2D eigenvalue weighted by atomic mass is 16.8.